The van der Waals surface area contributed by atoms with Crippen molar-refractivity contribution >= 4 is 20.0 Å². The summed E-state index contributed by atoms with van der Waals surface area (Å²) in [5, 5.41) is 11.0. The number of hydrogen-bond acceptors (Lipinski definition) is 8. The Kier molecular flexibility index (Phi) is 5.32. The van der Waals surface area contributed by atoms with Gasteiger partial charge in [0.2, 0.25) is 0 Å². The first-order valence-corrected chi connectivity index (χ1v) is 9.90. The molecule has 0 aliphatic carbocycles. The fourth-order valence-electron chi connectivity index (χ4n) is 2.87. The molecule has 1 aromatic rings. The average Bonchev–Trinajstić information content (AvgIpc) is 2.79. The zero-order chi connectivity index (χ0) is 18.2. The monoisotopic (exact) mass is 392 g/mol. The molecule has 2 N–H and O–H groups in total. The minimum absolute atomic E-state index is 0.0443. The third-order valence-corrected chi connectivity index (χ3v) is 5.97. The van der Waals surface area contributed by atoms with Crippen LogP contribution >= 0.6 is 20.0 Å². The molecule has 0 radical (unpaired) electrons. The molecule has 0 aromatic carbocycles. The number of nitrogens with zero attached hydrogens (tertiary/aromatic N) is 1. The van der Waals surface area contributed by atoms with E-state index in [0.717, 1.165) is 6.42 Å². The van der Waals surface area contributed by atoms with Gasteiger partial charge in [-0.3, -0.25) is 27.9 Å². The molecule has 2 fully saturated rings. The molecule has 5 unspecified atom stereocenters. The number of aromatic nitrogens is 2. The van der Waals surface area contributed by atoms with Crippen molar-refractivity contribution in [2.45, 2.75) is 50.7 Å². The van der Waals surface area contributed by atoms with Crippen molar-refractivity contribution in [1.29, 1.82) is 0 Å². The van der Waals surface area contributed by atoms with E-state index in [1.165, 1.54) is 23.8 Å². The number of phosphoric ester groups is 1. The van der Waals surface area contributed by atoms with Crippen molar-refractivity contribution < 1.29 is 28.0 Å². The predicted molar refractivity (Wildman–Crippen MR) is 89.7 cm³/mol. The maximum Gasteiger partial charge on any atom is 0.475 e. The van der Waals surface area contributed by atoms with E-state index in [-0.39, 0.29) is 23.5 Å². The number of aromatic amines is 1. The van der Waals surface area contributed by atoms with E-state index in [1.807, 2.05) is 6.92 Å². The lowest BCUT2D eigenvalue weighted by Crippen LogP contribution is -2.47. The van der Waals surface area contributed by atoms with E-state index in [2.05, 4.69) is 4.98 Å². The van der Waals surface area contributed by atoms with Gasteiger partial charge in [-0.25, -0.2) is 4.57 Å². The maximum atomic E-state index is 12.6. The van der Waals surface area contributed by atoms with Gasteiger partial charge >= 0.3 is 7.82 Å². The van der Waals surface area contributed by atoms with E-state index < -0.39 is 31.9 Å². The molecule has 9 nitrogen and oxygen atoms in total. The van der Waals surface area contributed by atoms with E-state index in [9.17, 15) is 14.5 Å². The Labute approximate surface area is 149 Å². The normalized spacial score (nSPS) is 37.8. The number of hydrogen-bond donors (Lipinski definition) is 2. The summed E-state index contributed by atoms with van der Waals surface area (Å²) in [5.41, 5.74) is -1.92. The molecule has 3 rings (SSSR count). The van der Waals surface area contributed by atoms with Gasteiger partial charge in [-0.05, 0) is 25.6 Å². The first-order valence-electron chi connectivity index (χ1n) is 8.03. The molecule has 2 aliphatic rings. The number of ether oxygens (including phenoxy) is 1. The Morgan fingerprint density at radius 2 is 2.36 bits per heavy atom. The van der Waals surface area contributed by atoms with Gasteiger partial charge in [-0.15, -0.1) is 0 Å². The summed E-state index contributed by atoms with van der Waals surface area (Å²) >= 11 is 5.12. The van der Waals surface area contributed by atoms with Gasteiger partial charge in [0.1, 0.15) is 17.8 Å². The van der Waals surface area contributed by atoms with Gasteiger partial charge in [0.05, 0.1) is 13.2 Å². The lowest BCUT2D eigenvalue weighted by Gasteiger charge is -2.35. The quantitative estimate of drug-likeness (QED) is 0.444. The molecule has 11 heteroatoms. The molecule has 140 valence electrons. The molecule has 1 aromatic heterocycles. The largest absolute Gasteiger partial charge is 0.475 e. The number of rotatable bonds is 5. The second kappa shape index (κ2) is 7.03. The average molecular weight is 392 g/mol. The number of phosphoric acid groups is 1. The fraction of sp³-hybridized carbons (Fsp3) is 0.714. The summed E-state index contributed by atoms with van der Waals surface area (Å²) in [6.45, 7) is 3.67. The van der Waals surface area contributed by atoms with Crippen LogP contribution in [0.5, 0.6) is 0 Å². The van der Waals surface area contributed by atoms with Crippen LogP contribution in [0.2, 0.25) is 0 Å². The van der Waals surface area contributed by atoms with Crippen LogP contribution in [0, 0.1) is 4.77 Å². The van der Waals surface area contributed by atoms with Crippen molar-refractivity contribution in [3.05, 3.63) is 27.4 Å². The summed E-state index contributed by atoms with van der Waals surface area (Å²) < 4.78 is 35.9. The van der Waals surface area contributed by atoms with Crippen LogP contribution in [0.15, 0.2) is 17.1 Å². The maximum absolute atomic E-state index is 12.6. The minimum Gasteiger partial charge on any atom is -0.383 e. The molecule has 0 amide bonds. The third-order valence-electron chi connectivity index (χ3n) is 4.21. The summed E-state index contributed by atoms with van der Waals surface area (Å²) in [7, 11) is -3.76. The minimum atomic E-state index is -3.76. The highest BCUT2D eigenvalue weighted by Crippen LogP contribution is 2.58. The zero-order valence-electron chi connectivity index (χ0n) is 13.9. The smallest absolute Gasteiger partial charge is 0.383 e. The lowest BCUT2D eigenvalue weighted by molar-refractivity contribution is -0.0934. The van der Waals surface area contributed by atoms with E-state index in [1.54, 1.807) is 0 Å². The highest BCUT2D eigenvalue weighted by Gasteiger charge is 2.60. The summed E-state index contributed by atoms with van der Waals surface area (Å²) in [5.74, 6) is 0. The number of nitrogens with one attached hydrogen (secondary N) is 1. The van der Waals surface area contributed by atoms with Crippen LogP contribution in [0.4, 0.5) is 0 Å². The zero-order valence-corrected chi connectivity index (χ0v) is 15.6. The molecule has 0 saturated carbocycles. The standard InChI is InChI=1S/C14H21N2O7PS/c1-3-4-7-20-24(19)21-8-9-11(23-24)14(2,18)12(22-9)16-6-5-10(17)15-13(16)25/h5-6,9,11-12,18H,3-4,7-8H2,1-2H3,(H,15,17,25). The van der Waals surface area contributed by atoms with Crippen LogP contribution in [0.3, 0.4) is 0 Å². The van der Waals surface area contributed by atoms with Gasteiger partial charge in [0.15, 0.2) is 11.0 Å². The second-order valence-corrected chi connectivity index (χ2v) is 8.23. The van der Waals surface area contributed by atoms with Crippen LogP contribution in [-0.2, 0) is 22.9 Å². The topological polar surface area (TPSA) is 112 Å². The first-order chi connectivity index (χ1) is 11.8. The molecule has 3 heterocycles. The number of H-pyrrole nitrogens is 1. The van der Waals surface area contributed by atoms with Gasteiger partial charge in [-0.1, -0.05) is 13.3 Å². The Bertz CT molecular complexity index is 792. The van der Waals surface area contributed by atoms with E-state index >= 15 is 0 Å². The third kappa shape index (κ3) is 3.66. The number of aliphatic hydroxyl groups is 1. The molecule has 2 saturated heterocycles. The Morgan fingerprint density at radius 1 is 1.60 bits per heavy atom. The van der Waals surface area contributed by atoms with Crippen LogP contribution in [0.25, 0.3) is 0 Å². The predicted octanol–water partition coefficient (Wildman–Crippen LogP) is 1.89. The van der Waals surface area contributed by atoms with Crippen molar-refractivity contribution in [3.63, 3.8) is 0 Å². The van der Waals surface area contributed by atoms with Crippen molar-refractivity contribution in [2.24, 2.45) is 0 Å². The Hall–Kier alpha value is -0.870. The molecule has 0 spiro atoms. The first kappa shape index (κ1) is 18.9. The summed E-state index contributed by atoms with van der Waals surface area (Å²) in [4.78, 5) is 13.8. The number of unbranched alkanes of at least 4 members (excludes halogenated alkanes) is 1. The van der Waals surface area contributed by atoms with Gasteiger partial charge in [0.25, 0.3) is 5.56 Å². The highest BCUT2D eigenvalue weighted by atomic mass is 32.1. The SMILES string of the molecule is CCCCOP1(=O)OCC2OC(n3ccc(=O)[nH]c3=S)C(C)(O)C2O1. The van der Waals surface area contributed by atoms with Crippen LogP contribution in [0.1, 0.15) is 32.9 Å². The number of fused-ring (bicyclic) bond motifs is 1. The molecule has 5 atom stereocenters. The van der Waals surface area contributed by atoms with E-state index in [4.69, 9.17) is 30.5 Å². The van der Waals surface area contributed by atoms with Crippen molar-refractivity contribution in [2.75, 3.05) is 13.2 Å². The van der Waals surface area contributed by atoms with Gasteiger partial charge in [0, 0.05) is 12.3 Å². The highest BCUT2D eigenvalue weighted by molar-refractivity contribution is 7.71. The summed E-state index contributed by atoms with van der Waals surface area (Å²) in [6, 6.07) is 1.27. The molecule has 0 bridgehead atoms. The molecule has 2 aliphatic heterocycles. The van der Waals surface area contributed by atoms with Gasteiger partial charge < -0.3 is 9.84 Å². The van der Waals surface area contributed by atoms with Crippen molar-refractivity contribution in [3.8, 4) is 0 Å². The van der Waals surface area contributed by atoms with Gasteiger partial charge in [-0.2, -0.15) is 0 Å². The fourth-order valence-corrected chi connectivity index (χ4v) is 4.64. The van der Waals surface area contributed by atoms with Crippen molar-refractivity contribution in [1.82, 2.24) is 9.55 Å². The van der Waals surface area contributed by atoms with Crippen LogP contribution < -0.4 is 5.56 Å². The Balaban J connectivity index is 1.83. The second-order valence-electron chi connectivity index (χ2n) is 6.23. The van der Waals surface area contributed by atoms with Crippen LogP contribution in [-0.4, -0.2) is 45.7 Å². The Morgan fingerprint density at radius 3 is 3.04 bits per heavy atom. The molecular formula is C14H21N2O7PS. The molecule has 25 heavy (non-hydrogen) atoms. The molecular weight excluding hydrogens is 371 g/mol. The lowest BCUT2D eigenvalue weighted by atomic mass is 9.96. The van der Waals surface area contributed by atoms with E-state index in [0.29, 0.717) is 6.42 Å². The summed E-state index contributed by atoms with van der Waals surface area (Å²) in [6.07, 6.45) is 0.512.